The van der Waals surface area contributed by atoms with Crippen LogP contribution < -0.4 is 5.73 Å². The smallest absolute Gasteiger partial charge is 0.255 e. The van der Waals surface area contributed by atoms with Crippen molar-refractivity contribution in [3.63, 3.8) is 0 Å². The second-order valence-corrected chi connectivity index (χ2v) is 11.1. The lowest BCUT2D eigenvalue weighted by Crippen LogP contribution is -2.63. The number of aromatic hydroxyl groups is 1. The highest BCUT2D eigenvalue weighted by Gasteiger charge is 2.63. The molecule has 1 aromatic carbocycles. The first kappa shape index (κ1) is 25.7. The van der Waals surface area contributed by atoms with E-state index in [1.807, 2.05) is 7.05 Å². The number of nitrogens with zero attached hydrogens (tertiary/aromatic N) is 2. The first-order valence-electron chi connectivity index (χ1n) is 12.2. The summed E-state index contributed by atoms with van der Waals surface area (Å²) in [6.07, 6.45) is 2.02. The Kier molecular flexibility index (Phi) is 5.95. The van der Waals surface area contributed by atoms with Crippen LogP contribution >= 0.6 is 11.6 Å². The first-order valence-corrected chi connectivity index (χ1v) is 12.6. The number of fused-ring (bicyclic) bond motifs is 3. The number of hydrogen-bond acceptors (Lipinski definition) is 9. The van der Waals surface area contributed by atoms with Crippen LogP contribution in [0.1, 0.15) is 46.8 Å². The van der Waals surface area contributed by atoms with Gasteiger partial charge >= 0.3 is 0 Å². The van der Waals surface area contributed by atoms with E-state index in [1.54, 1.807) is 14.1 Å². The molecule has 1 aliphatic heterocycles. The molecule has 0 aromatic heterocycles. The Hall–Kier alpha value is -2.92. The third-order valence-corrected chi connectivity index (χ3v) is 9.01. The number of amides is 1. The molecule has 11 heteroatoms. The Balaban J connectivity index is 1.69. The number of Topliss-reactive ketones (excluding diaryl/α,β-unsaturated/α-hetero) is 2. The van der Waals surface area contributed by atoms with E-state index in [0.29, 0.717) is 10.6 Å². The molecule has 0 radical (unpaired) electrons. The molecule has 1 amide bonds. The van der Waals surface area contributed by atoms with E-state index >= 15 is 0 Å². The minimum absolute atomic E-state index is 0.0102. The summed E-state index contributed by atoms with van der Waals surface area (Å²) in [5, 5.41) is 45.1. The van der Waals surface area contributed by atoms with Crippen molar-refractivity contribution in [3.05, 3.63) is 50.4 Å². The van der Waals surface area contributed by atoms with Gasteiger partial charge in [0.25, 0.3) is 5.91 Å². The first-order chi connectivity index (χ1) is 17.3. The van der Waals surface area contributed by atoms with Crippen LogP contribution in [0.4, 0.5) is 0 Å². The van der Waals surface area contributed by atoms with Crippen LogP contribution in [-0.2, 0) is 16.0 Å². The molecule has 1 heterocycles. The molecule has 6 N–H and O–H groups in total. The third kappa shape index (κ3) is 3.39. The lowest BCUT2D eigenvalue weighted by molar-refractivity contribution is -0.148. The van der Waals surface area contributed by atoms with Crippen LogP contribution in [0.5, 0.6) is 5.75 Å². The molecule has 5 rings (SSSR count). The minimum atomic E-state index is -2.66. The Morgan fingerprint density at radius 3 is 2.49 bits per heavy atom. The molecule has 1 aromatic rings. The van der Waals surface area contributed by atoms with Crippen molar-refractivity contribution in [3.8, 4) is 5.75 Å². The van der Waals surface area contributed by atoms with Gasteiger partial charge in [-0.05, 0) is 76.5 Å². The number of aliphatic hydroxyl groups excluding tert-OH is 2. The number of carbonyl (C=O) groups is 3. The topological polar surface area (TPSA) is 165 Å². The van der Waals surface area contributed by atoms with Crippen LogP contribution in [0.15, 0.2) is 28.7 Å². The van der Waals surface area contributed by atoms with E-state index in [0.717, 1.165) is 24.9 Å². The van der Waals surface area contributed by atoms with Crippen molar-refractivity contribution in [2.75, 3.05) is 27.7 Å². The predicted molar refractivity (Wildman–Crippen MR) is 133 cm³/mol. The highest BCUT2D eigenvalue weighted by atomic mass is 35.5. The molecule has 3 aliphatic carbocycles. The average molecular weight is 532 g/mol. The molecular formula is C26H30ClN3O7. The van der Waals surface area contributed by atoms with Gasteiger partial charge in [0.1, 0.15) is 22.8 Å². The van der Waals surface area contributed by atoms with E-state index < -0.39 is 58.0 Å². The fourth-order valence-electron chi connectivity index (χ4n) is 6.86. The van der Waals surface area contributed by atoms with Crippen molar-refractivity contribution in [2.24, 2.45) is 17.6 Å². The predicted octanol–water partition coefficient (Wildman–Crippen LogP) is 1.54. The molecule has 10 nitrogen and oxygen atoms in total. The van der Waals surface area contributed by atoms with Crippen LogP contribution in [0.2, 0.25) is 5.02 Å². The number of hydrogen-bond donors (Lipinski definition) is 5. The minimum Gasteiger partial charge on any atom is -0.510 e. The molecule has 37 heavy (non-hydrogen) atoms. The largest absolute Gasteiger partial charge is 0.510 e. The highest BCUT2D eigenvalue weighted by molar-refractivity contribution is 6.33. The maximum atomic E-state index is 13.7. The van der Waals surface area contributed by atoms with Crippen molar-refractivity contribution < 1.29 is 34.8 Å². The molecule has 0 bridgehead atoms. The lowest BCUT2D eigenvalue weighted by atomic mass is 9.58. The maximum Gasteiger partial charge on any atom is 0.255 e. The van der Waals surface area contributed by atoms with Crippen LogP contribution in [-0.4, -0.2) is 87.0 Å². The van der Waals surface area contributed by atoms with Gasteiger partial charge in [-0.15, -0.1) is 0 Å². The van der Waals surface area contributed by atoms with Gasteiger partial charge in [-0.2, -0.15) is 0 Å². The fraction of sp³-hybridized carbons (Fsp3) is 0.500. The number of aliphatic hydroxyl groups is 3. The Morgan fingerprint density at radius 2 is 1.92 bits per heavy atom. The summed E-state index contributed by atoms with van der Waals surface area (Å²) in [6, 6.07) is 0.431. The van der Waals surface area contributed by atoms with Crippen molar-refractivity contribution in [1.82, 2.24) is 9.80 Å². The number of nitrogens with two attached hydrogens (primary N) is 1. The monoisotopic (exact) mass is 531 g/mol. The van der Waals surface area contributed by atoms with Crippen molar-refractivity contribution >= 4 is 29.1 Å². The van der Waals surface area contributed by atoms with Gasteiger partial charge in [0.2, 0.25) is 5.78 Å². The Morgan fingerprint density at radius 1 is 1.24 bits per heavy atom. The molecule has 1 fully saturated rings. The average Bonchev–Trinajstić information content (AvgIpc) is 3.23. The number of halogens is 1. The van der Waals surface area contributed by atoms with Gasteiger partial charge in [-0.25, -0.2) is 0 Å². The van der Waals surface area contributed by atoms with Crippen LogP contribution in [0, 0.1) is 11.8 Å². The summed E-state index contributed by atoms with van der Waals surface area (Å²) < 4.78 is 0. The van der Waals surface area contributed by atoms with E-state index in [-0.39, 0.29) is 35.8 Å². The number of allylic oxidation sites excluding steroid dienone is 1. The number of rotatable bonds is 3. The zero-order chi connectivity index (χ0) is 27.1. The van der Waals surface area contributed by atoms with Gasteiger partial charge < -0.3 is 26.2 Å². The Bertz CT molecular complexity index is 1320. The SMILES string of the molecule is CN1CCCC1c1cc(O)c2c(c1Cl)C[C@H]1C[C@H]3[C@H](N(C)C)C(O)=C(C(N)=O)C(=O)[C@@]3(O)C(O)=C1C2=O. The molecule has 198 valence electrons. The normalized spacial score (nSPS) is 32.1. The second kappa shape index (κ2) is 8.56. The summed E-state index contributed by atoms with van der Waals surface area (Å²) in [5.41, 5.74) is 2.77. The number of phenols is 1. The van der Waals surface area contributed by atoms with Gasteiger partial charge in [0, 0.05) is 22.6 Å². The Labute approximate surface area is 218 Å². The maximum absolute atomic E-state index is 13.7. The molecular weight excluding hydrogens is 502 g/mol. The van der Waals surface area contributed by atoms with Crippen molar-refractivity contribution in [2.45, 2.75) is 43.4 Å². The third-order valence-electron chi connectivity index (χ3n) is 8.56. The summed E-state index contributed by atoms with van der Waals surface area (Å²) in [7, 11) is 5.15. The second-order valence-electron chi connectivity index (χ2n) is 10.8. The summed E-state index contributed by atoms with van der Waals surface area (Å²) in [4.78, 5) is 42.7. The van der Waals surface area contributed by atoms with Gasteiger partial charge in [0.15, 0.2) is 11.4 Å². The van der Waals surface area contributed by atoms with E-state index in [4.69, 9.17) is 17.3 Å². The highest BCUT2D eigenvalue weighted by Crippen LogP contribution is 2.53. The number of phenolic OH excluding ortho intramolecular Hbond substituents is 1. The fourth-order valence-corrected chi connectivity index (χ4v) is 7.21. The van der Waals surface area contributed by atoms with Crippen LogP contribution in [0.3, 0.4) is 0 Å². The summed E-state index contributed by atoms with van der Waals surface area (Å²) >= 11 is 6.84. The number of likely N-dealkylation sites (N-methyl/N-ethyl adjacent to an activating group) is 1. The zero-order valence-corrected chi connectivity index (χ0v) is 21.5. The van der Waals surface area contributed by atoms with Gasteiger partial charge in [-0.3, -0.25) is 24.2 Å². The number of ketones is 2. The number of benzene rings is 1. The molecule has 0 spiro atoms. The summed E-state index contributed by atoms with van der Waals surface area (Å²) in [5.74, 6) is -6.76. The zero-order valence-electron chi connectivity index (χ0n) is 20.8. The van der Waals surface area contributed by atoms with Gasteiger partial charge in [0.05, 0.1) is 11.6 Å². The number of likely N-dealkylation sites (tertiary alicyclic amines) is 1. The van der Waals surface area contributed by atoms with E-state index in [1.165, 1.54) is 11.0 Å². The molecule has 0 saturated carbocycles. The number of carbonyl (C=O) groups excluding carboxylic acids is 3. The van der Waals surface area contributed by atoms with Crippen molar-refractivity contribution in [1.29, 1.82) is 0 Å². The molecule has 5 atom stereocenters. The lowest BCUT2D eigenvalue weighted by Gasteiger charge is -2.50. The molecule has 4 aliphatic rings. The number of primary amides is 1. The quantitative estimate of drug-likeness (QED) is 0.364. The van der Waals surface area contributed by atoms with E-state index in [2.05, 4.69) is 4.90 Å². The molecule has 1 saturated heterocycles. The van der Waals surface area contributed by atoms with E-state index in [9.17, 15) is 34.8 Å². The summed E-state index contributed by atoms with van der Waals surface area (Å²) in [6.45, 7) is 0.881. The molecule has 1 unspecified atom stereocenters. The van der Waals surface area contributed by atoms with Crippen LogP contribution in [0.25, 0.3) is 0 Å². The van der Waals surface area contributed by atoms with Gasteiger partial charge in [-0.1, -0.05) is 11.6 Å². The standard InChI is InChI=1S/C26H30ClN3O7/c1-29(2)20-13-8-10-7-12-17(15(31)9-11(19(12)27)14-5-4-6-30(14)3)21(32)16(10)23(34)26(13,37)24(35)18(22(20)33)25(28)36/h9-10,13-14,20,31,33-34,37H,4-8H2,1-3H3,(H2,28,36)/t10-,13-,14?,20-,26-/m0/s1.